The number of likely N-dealkylation sites (N-methyl/N-ethyl adjacent to an activating group) is 2. The summed E-state index contributed by atoms with van der Waals surface area (Å²) in [5, 5.41) is 2.68. The topological polar surface area (TPSA) is 97.5 Å². The standard InChI is InChI=1S/C12H18N4O3/c1-4-14-11(17)7-16(2)10-5-8(12(18)19-3)9(13)6-15-10/h5-6H,4,7,13H2,1-3H3,(H,14,17). The molecule has 0 saturated heterocycles. The minimum absolute atomic E-state index is 0.122. The van der Waals surface area contributed by atoms with E-state index in [9.17, 15) is 9.59 Å². The highest BCUT2D eigenvalue weighted by Crippen LogP contribution is 2.17. The molecule has 0 unspecified atom stereocenters. The molecule has 0 atom stereocenters. The molecule has 1 heterocycles. The van der Waals surface area contributed by atoms with E-state index in [1.165, 1.54) is 19.4 Å². The number of pyridine rings is 1. The monoisotopic (exact) mass is 266 g/mol. The van der Waals surface area contributed by atoms with Crippen LogP contribution in [0.5, 0.6) is 0 Å². The lowest BCUT2D eigenvalue weighted by Gasteiger charge is -2.18. The van der Waals surface area contributed by atoms with Gasteiger partial charge < -0.3 is 20.7 Å². The number of amides is 1. The minimum Gasteiger partial charge on any atom is -0.465 e. The fraction of sp³-hybridized carbons (Fsp3) is 0.417. The summed E-state index contributed by atoms with van der Waals surface area (Å²) in [5.41, 5.74) is 6.12. The van der Waals surface area contributed by atoms with Crippen LogP contribution in [0.1, 0.15) is 17.3 Å². The van der Waals surface area contributed by atoms with Crippen LogP contribution in [0.15, 0.2) is 12.3 Å². The lowest BCUT2D eigenvalue weighted by molar-refractivity contribution is -0.119. The Morgan fingerprint density at radius 1 is 1.53 bits per heavy atom. The summed E-state index contributed by atoms with van der Waals surface area (Å²) in [6, 6.07) is 1.50. The molecule has 0 bridgehead atoms. The molecule has 19 heavy (non-hydrogen) atoms. The van der Waals surface area contributed by atoms with Gasteiger partial charge in [-0.2, -0.15) is 0 Å². The van der Waals surface area contributed by atoms with Crippen LogP contribution in [0.2, 0.25) is 0 Å². The van der Waals surface area contributed by atoms with Crippen molar-refractivity contribution >= 4 is 23.4 Å². The van der Waals surface area contributed by atoms with E-state index < -0.39 is 5.97 Å². The van der Waals surface area contributed by atoms with Crippen molar-refractivity contribution in [2.24, 2.45) is 0 Å². The first kappa shape index (κ1) is 14.7. The van der Waals surface area contributed by atoms with Gasteiger partial charge in [-0.1, -0.05) is 0 Å². The second-order valence-electron chi connectivity index (χ2n) is 3.93. The van der Waals surface area contributed by atoms with Crippen LogP contribution >= 0.6 is 0 Å². The van der Waals surface area contributed by atoms with Crippen molar-refractivity contribution in [1.29, 1.82) is 0 Å². The van der Waals surface area contributed by atoms with Crippen LogP contribution in [0.4, 0.5) is 11.5 Å². The van der Waals surface area contributed by atoms with Crippen molar-refractivity contribution in [3.63, 3.8) is 0 Å². The van der Waals surface area contributed by atoms with E-state index in [1.807, 2.05) is 6.92 Å². The normalized spacial score (nSPS) is 9.84. The quantitative estimate of drug-likeness (QED) is 0.729. The largest absolute Gasteiger partial charge is 0.465 e. The molecule has 3 N–H and O–H groups in total. The number of nitrogen functional groups attached to an aromatic ring is 1. The van der Waals surface area contributed by atoms with E-state index in [2.05, 4.69) is 15.0 Å². The highest BCUT2D eigenvalue weighted by molar-refractivity contribution is 5.95. The van der Waals surface area contributed by atoms with Crippen molar-refractivity contribution in [2.75, 3.05) is 37.9 Å². The third-order valence-corrected chi connectivity index (χ3v) is 2.47. The summed E-state index contributed by atoms with van der Waals surface area (Å²) in [5.74, 6) is -0.184. The molecule has 0 aliphatic heterocycles. The summed E-state index contributed by atoms with van der Waals surface area (Å²) in [6.07, 6.45) is 1.37. The number of hydrogen-bond acceptors (Lipinski definition) is 6. The molecule has 0 aliphatic carbocycles. The predicted molar refractivity (Wildman–Crippen MR) is 71.9 cm³/mol. The number of carbonyl (C=O) groups is 2. The number of nitrogens with one attached hydrogen (secondary N) is 1. The Hall–Kier alpha value is -2.31. The second kappa shape index (κ2) is 6.58. The van der Waals surface area contributed by atoms with Gasteiger partial charge in [-0.3, -0.25) is 4.79 Å². The number of esters is 1. The number of nitrogens with zero attached hydrogens (tertiary/aromatic N) is 2. The van der Waals surface area contributed by atoms with E-state index >= 15 is 0 Å². The summed E-state index contributed by atoms with van der Waals surface area (Å²) in [7, 11) is 2.98. The average Bonchev–Trinajstić information content (AvgIpc) is 2.38. The zero-order valence-electron chi connectivity index (χ0n) is 11.3. The number of anilines is 2. The first-order chi connectivity index (χ1) is 8.99. The molecular formula is C12H18N4O3. The van der Waals surface area contributed by atoms with Crippen LogP contribution < -0.4 is 16.0 Å². The second-order valence-corrected chi connectivity index (χ2v) is 3.93. The number of ether oxygens (including phenoxy) is 1. The molecule has 0 spiro atoms. The molecule has 0 aliphatic rings. The highest BCUT2D eigenvalue weighted by Gasteiger charge is 2.14. The Morgan fingerprint density at radius 3 is 2.79 bits per heavy atom. The van der Waals surface area contributed by atoms with Crippen LogP contribution in [0, 0.1) is 0 Å². The van der Waals surface area contributed by atoms with E-state index in [4.69, 9.17) is 5.73 Å². The summed E-state index contributed by atoms with van der Waals surface area (Å²) in [6.45, 7) is 2.55. The molecule has 1 aromatic heterocycles. The Bertz CT molecular complexity index is 476. The lowest BCUT2D eigenvalue weighted by atomic mass is 10.2. The fourth-order valence-electron chi connectivity index (χ4n) is 1.50. The molecule has 1 amide bonds. The van der Waals surface area contributed by atoms with Gasteiger partial charge in [0.2, 0.25) is 5.91 Å². The predicted octanol–water partition coefficient (Wildman–Crippen LogP) is 0.0227. The van der Waals surface area contributed by atoms with E-state index in [-0.39, 0.29) is 23.7 Å². The lowest BCUT2D eigenvalue weighted by Crippen LogP contribution is -2.35. The summed E-state index contributed by atoms with van der Waals surface area (Å²) < 4.78 is 4.63. The molecule has 1 rings (SSSR count). The summed E-state index contributed by atoms with van der Waals surface area (Å²) >= 11 is 0. The number of carbonyl (C=O) groups excluding carboxylic acids is 2. The van der Waals surface area contributed by atoms with Gasteiger partial charge >= 0.3 is 5.97 Å². The molecule has 7 nitrogen and oxygen atoms in total. The van der Waals surface area contributed by atoms with Crippen molar-refractivity contribution < 1.29 is 14.3 Å². The Morgan fingerprint density at radius 2 is 2.21 bits per heavy atom. The van der Waals surface area contributed by atoms with Crippen molar-refractivity contribution in [3.8, 4) is 0 Å². The minimum atomic E-state index is -0.535. The van der Waals surface area contributed by atoms with Gasteiger partial charge in [0.05, 0.1) is 31.1 Å². The van der Waals surface area contributed by atoms with Crippen LogP contribution in [-0.2, 0) is 9.53 Å². The molecular weight excluding hydrogens is 248 g/mol. The van der Waals surface area contributed by atoms with Gasteiger partial charge in [-0.05, 0) is 13.0 Å². The zero-order valence-corrected chi connectivity index (χ0v) is 11.3. The Labute approximate surface area is 111 Å². The van der Waals surface area contributed by atoms with Crippen molar-refractivity contribution in [1.82, 2.24) is 10.3 Å². The fourth-order valence-corrected chi connectivity index (χ4v) is 1.50. The molecule has 0 saturated carbocycles. The smallest absolute Gasteiger partial charge is 0.340 e. The Balaban J connectivity index is 2.89. The van der Waals surface area contributed by atoms with Crippen molar-refractivity contribution in [3.05, 3.63) is 17.8 Å². The number of rotatable bonds is 5. The van der Waals surface area contributed by atoms with Gasteiger partial charge in [0, 0.05) is 13.6 Å². The number of methoxy groups -OCH3 is 1. The first-order valence-corrected chi connectivity index (χ1v) is 5.81. The van der Waals surface area contributed by atoms with Gasteiger partial charge in [0.15, 0.2) is 0 Å². The maximum Gasteiger partial charge on any atom is 0.340 e. The third kappa shape index (κ3) is 3.84. The van der Waals surface area contributed by atoms with E-state index in [0.29, 0.717) is 12.4 Å². The van der Waals surface area contributed by atoms with Gasteiger partial charge in [0.1, 0.15) is 5.82 Å². The number of aromatic nitrogens is 1. The summed E-state index contributed by atoms with van der Waals surface area (Å²) in [4.78, 5) is 28.7. The molecule has 0 fully saturated rings. The maximum absolute atomic E-state index is 11.5. The molecule has 1 aromatic rings. The first-order valence-electron chi connectivity index (χ1n) is 5.81. The van der Waals surface area contributed by atoms with E-state index in [0.717, 1.165) is 0 Å². The van der Waals surface area contributed by atoms with Crippen LogP contribution in [0.25, 0.3) is 0 Å². The van der Waals surface area contributed by atoms with Gasteiger partial charge in [0.25, 0.3) is 0 Å². The number of nitrogens with two attached hydrogens (primary N) is 1. The van der Waals surface area contributed by atoms with Crippen molar-refractivity contribution in [2.45, 2.75) is 6.92 Å². The molecule has 7 heteroatoms. The SMILES string of the molecule is CCNC(=O)CN(C)c1cc(C(=O)OC)c(N)cn1. The van der Waals surface area contributed by atoms with Gasteiger partial charge in [-0.25, -0.2) is 9.78 Å². The Kier molecular flexibility index (Phi) is 5.11. The molecule has 104 valence electrons. The number of hydrogen-bond donors (Lipinski definition) is 2. The zero-order chi connectivity index (χ0) is 14.4. The molecule has 0 radical (unpaired) electrons. The molecule has 0 aromatic carbocycles. The van der Waals surface area contributed by atoms with Gasteiger partial charge in [-0.15, -0.1) is 0 Å². The van der Waals surface area contributed by atoms with Crippen LogP contribution in [-0.4, -0.2) is 44.1 Å². The highest BCUT2D eigenvalue weighted by atomic mass is 16.5. The maximum atomic E-state index is 11.5. The van der Waals surface area contributed by atoms with E-state index in [1.54, 1.807) is 11.9 Å². The van der Waals surface area contributed by atoms with Crippen LogP contribution in [0.3, 0.4) is 0 Å². The average molecular weight is 266 g/mol. The third-order valence-electron chi connectivity index (χ3n) is 2.47.